The third-order valence-corrected chi connectivity index (χ3v) is 5.80. The number of carbonyl (C=O) groups excluding carboxylic acids is 1. The largest absolute Gasteiger partial charge is 0.465 e. The van der Waals surface area contributed by atoms with Gasteiger partial charge in [0.05, 0.1) is 18.9 Å². The highest BCUT2D eigenvalue weighted by atomic mass is 79.9. The van der Waals surface area contributed by atoms with Gasteiger partial charge in [0.2, 0.25) is 4.73 Å². The minimum absolute atomic E-state index is 0.208. The van der Waals surface area contributed by atoms with Crippen LogP contribution in [0.2, 0.25) is 0 Å². The van der Waals surface area contributed by atoms with E-state index in [9.17, 15) is 4.79 Å². The van der Waals surface area contributed by atoms with Crippen LogP contribution in [0.1, 0.15) is 12.5 Å². The van der Waals surface area contributed by atoms with Crippen molar-refractivity contribution in [2.45, 2.75) is 18.6 Å². The number of fused-ring (bicyclic) bond motifs is 1. The van der Waals surface area contributed by atoms with Crippen molar-refractivity contribution < 1.29 is 9.53 Å². The smallest absolute Gasteiger partial charge is 0.316 e. The summed E-state index contributed by atoms with van der Waals surface area (Å²) in [5.41, 5.74) is 1.15. The quantitative estimate of drug-likeness (QED) is 0.376. The summed E-state index contributed by atoms with van der Waals surface area (Å²) >= 11 is 8.36. The van der Waals surface area contributed by atoms with Crippen LogP contribution in [0, 0.1) is 0 Å². The van der Waals surface area contributed by atoms with Crippen molar-refractivity contribution in [1.82, 2.24) is 14.8 Å². The molecule has 25 heavy (non-hydrogen) atoms. The van der Waals surface area contributed by atoms with Crippen LogP contribution >= 0.6 is 43.6 Å². The molecule has 0 bridgehead atoms. The van der Waals surface area contributed by atoms with Crippen LogP contribution in [0.25, 0.3) is 10.8 Å². The van der Waals surface area contributed by atoms with E-state index in [2.05, 4.69) is 60.3 Å². The molecule has 0 unspecified atom stereocenters. The first-order valence-corrected chi connectivity index (χ1v) is 10.2. The van der Waals surface area contributed by atoms with Crippen LogP contribution in [0.3, 0.4) is 0 Å². The van der Waals surface area contributed by atoms with Crippen LogP contribution in [0.15, 0.2) is 50.8 Å². The summed E-state index contributed by atoms with van der Waals surface area (Å²) in [4.78, 5) is 11.6. The lowest BCUT2D eigenvalue weighted by Crippen LogP contribution is -2.08. The summed E-state index contributed by atoms with van der Waals surface area (Å²) in [7, 11) is 0. The molecule has 130 valence electrons. The maximum absolute atomic E-state index is 11.6. The molecule has 3 rings (SSSR count). The van der Waals surface area contributed by atoms with Gasteiger partial charge in [0.1, 0.15) is 0 Å². The van der Waals surface area contributed by atoms with Gasteiger partial charge in [-0.15, -0.1) is 10.2 Å². The zero-order valence-corrected chi connectivity index (χ0v) is 17.4. The SMILES string of the molecule is CCOC(=O)CSc1nnc(Br)n1Cc1ccc(Br)c2ccccc12. The molecule has 1 aromatic heterocycles. The molecule has 3 aromatic rings. The standard InChI is InChI=1S/C17H15Br2N3O2S/c1-2-24-15(23)10-25-17-21-20-16(19)22(17)9-11-7-8-14(18)13-6-4-3-5-12(11)13/h3-8H,2,9-10H2,1H3. The summed E-state index contributed by atoms with van der Waals surface area (Å²) in [6.45, 7) is 2.77. The molecule has 0 saturated heterocycles. The Kier molecular flexibility index (Phi) is 6.14. The van der Waals surface area contributed by atoms with E-state index < -0.39 is 0 Å². The molecule has 0 aliphatic rings. The summed E-state index contributed by atoms with van der Waals surface area (Å²) in [5.74, 6) is -0.0488. The van der Waals surface area contributed by atoms with Crippen molar-refractivity contribution in [2.24, 2.45) is 0 Å². The summed E-state index contributed by atoms with van der Waals surface area (Å²) in [6.07, 6.45) is 0. The highest BCUT2D eigenvalue weighted by Crippen LogP contribution is 2.29. The van der Waals surface area contributed by atoms with E-state index in [0.29, 0.717) is 23.0 Å². The van der Waals surface area contributed by atoms with E-state index in [0.717, 1.165) is 15.4 Å². The molecule has 0 radical (unpaired) electrons. The molecule has 0 aliphatic carbocycles. The van der Waals surface area contributed by atoms with Crippen LogP contribution in [0.4, 0.5) is 0 Å². The second-order valence-corrected chi connectivity index (χ2v) is 7.69. The zero-order valence-electron chi connectivity index (χ0n) is 13.4. The average Bonchev–Trinajstić information content (AvgIpc) is 2.96. The van der Waals surface area contributed by atoms with Gasteiger partial charge in [-0.3, -0.25) is 9.36 Å². The van der Waals surface area contributed by atoms with Crippen molar-refractivity contribution in [2.75, 3.05) is 12.4 Å². The molecule has 0 saturated carbocycles. The second-order valence-electron chi connectivity index (χ2n) is 5.18. The van der Waals surface area contributed by atoms with E-state index in [1.807, 2.05) is 22.8 Å². The Hall–Kier alpha value is -1.38. The Balaban J connectivity index is 1.88. The highest BCUT2D eigenvalue weighted by molar-refractivity contribution is 9.10. The first-order chi connectivity index (χ1) is 12.1. The number of nitrogens with zero attached hydrogens (tertiary/aromatic N) is 3. The molecular formula is C17H15Br2N3O2S. The van der Waals surface area contributed by atoms with Crippen LogP contribution < -0.4 is 0 Å². The lowest BCUT2D eigenvalue weighted by Gasteiger charge is -2.11. The van der Waals surface area contributed by atoms with Crippen LogP contribution in [-0.4, -0.2) is 33.1 Å². The van der Waals surface area contributed by atoms with Crippen molar-refractivity contribution >= 4 is 60.4 Å². The number of carbonyl (C=O) groups is 1. The average molecular weight is 485 g/mol. The van der Waals surface area contributed by atoms with Crippen molar-refractivity contribution in [3.8, 4) is 0 Å². The van der Waals surface area contributed by atoms with Crippen molar-refractivity contribution in [3.05, 3.63) is 51.2 Å². The molecular weight excluding hydrogens is 470 g/mol. The van der Waals surface area contributed by atoms with E-state index in [1.54, 1.807) is 6.92 Å². The molecule has 8 heteroatoms. The van der Waals surface area contributed by atoms with Crippen LogP contribution in [-0.2, 0) is 16.1 Å². The van der Waals surface area contributed by atoms with Gasteiger partial charge in [-0.25, -0.2) is 0 Å². The third-order valence-electron chi connectivity index (χ3n) is 3.59. The molecule has 0 fully saturated rings. The number of rotatable bonds is 6. The predicted octanol–water partition coefficient (Wildman–Crippen LogP) is 4.66. The first kappa shape index (κ1) is 18.4. The fourth-order valence-electron chi connectivity index (χ4n) is 2.47. The number of thioether (sulfide) groups is 1. The number of esters is 1. The number of aromatic nitrogens is 3. The lowest BCUT2D eigenvalue weighted by molar-refractivity contribution is -0.139. The van der Waals surface area contributed by atoms with Gasteiger partial charge in [-0.05, 0) is 45.3 Å². The molecule has 0 amide bonds. The Morgan fingerprint density at radius 1 is 1.16 bits per heavy atom. The van der Waals surface area contributed by atoms with E-state index in [1.165, 1.54) is 17.1 Å². The number of halogens is 2. The molecule has 5 nitrogen and oxygen atoms in total. The molecule has 0 aliphatic heterocycles. The fraction of sp³-hybridized carbons (Fsp3) is 0.235. The maximum Gasteiger partial charge on any atom is 0.316 e. The van der Waals surface area contributed by atoms with Gasteiger partial charge in [-0.1, -0.05) is 58.0 Å². The molecule has 0 atom stereocenters. The number of ether oxygens (including phenoxy) is 1. The maximum atomic E-state index is 11.6. The van der Waals surface area contributed by atoms with Gasteiger partial charge < -0.3 is 4.74 Å². The van der Waals surface area contributed by atoms with Crippen molar-refractivity contribution in [3.63, 3.8) is 0 Å². The molecule has 2 aromatic carbocycles. The van der Waals surface area contributed by atoms with Crippen molar-refractivity contribution in [1.29, 1.82) is 0 Å². The Labute approximate surface area is 166 Å². The first-order valence-electron chi connectivity index (χ1n) is 7.63. The zero-order chi connectivity index (χ0) is 17.8. The van der Waals surface area contributed by atoms with E-state index in [4.69, 9.17) is 4.74 Å². The van der Waals surface area contributed by atoms with Gasteiger partial charge in [0, 0.05) is 4.47 Å². The van der Waals surface area contributed by atoms with Gasteiger partial charge in [0.15, 0.2) is 5.16 Å². The normalized spacial score (nSPS) is 11.0. The predicted molar refractivity (Wildman–Crippen MR) is 106 cm³/mol. The minimum atomic E-state index is -0.257. The Bertz CT molecular complexity index is 914. The fourth-order valence-corrected chi connectivity index (χ4v) is 4.17. The topological polar surface area (TPSA) is 57.0 Å². The highest BCUT2D eigenvalue weighted by Gasteiger charge is 2.15. The summed E-state index contributed by atoms with van der Waals surface area (Å²) in [5, 5.41) is 11.2. The minimum Gasteiger partial charge on any atom is -0.465 e. The van der Waals surface area contributed by atoms with Crippen LogP contribution in [0.5, 0.6) is 0 Å². The Morgan fingerprint density at radius 2 is 1.92 bits per heavy atom. The van der Waals surface area contributed by atoms with Gasteiger partial charge in [0.25, 0.3) is 0 Å². The third kappa shape index (κ3) is 4.24. The number of benzene rings is 2. The summed E-state index contributed by atoms with van der Waals surface area (Å²) in [6, 6.07) is 12.3. The molecule has 0 spiro atoms. The lowest BCUT2D eigenvalue weighted by atomic mass is 10.0. The van der Waals surface area contributed by atoms with Gasteiger partial charge >= 0.3 is 5.97 Å². The monoisotopic (exact) mass is 483 g/mol. The van der Waals surface area contributed by atoms with E-state index in [-0.39, 0.29) is 11.7 Å². The molecule has 1 heterocycles. The molecule has 0 N–H and O–H groups in total. The second kappa shape index (κ2) is 8.33. The number of hydrogen-bond donors (Lipinski definition) is 0. The van der Waals surface area contributed by atoms with E-state index >= 15 is 0 Å². The summed E-state index contributed by atoms with van der Waals surface area (Å²) < 4.78 is 8.60. The Morgan fingerprint density at radius 3 is 2.68 bits per heavy atom. The van der Waals surface area contributed by atoms with Gasteiger partial charge in [-0.2, -0.15) is 0 Å². The number of hydrogen-bond acceptors (Lipinski definition) is 5.